The molecule has 0 spiro atoms. The fourth-order valence-corrected chi connectivity index (χ4v) is 1.63. The van der Waals surface area contributed by atoms with Crippen LogP contribution in [-0.2, 0) is 4.79 Å². The van der Waals surface area contributed by atoms with Crippen LogP contribution >= 0.6 is 0 Å². The smallest absolute Gasteiger partial charge is 0.247 e. The Kier molecular flexibility index (Phi) is 5.16. The topological polar surface area (TPSA) is 53.7 Å². The summed E-state index contributed by atoms with van der Waals surface area (Å²) in [5, 5.41) is 9.37. The van der Waals surface area contributed by atoms with Gasteiger partial charge in [0.1, 0.15) is 11.5 Å². The second kappa shape index (κ2) is 6.40. The van der Waals surface area contributed by atoms with Gasteiger partial charge in [-0.2, -0.15) is 0 Å². The number of nitrogens with zero attached hydrogens (tertiary/aromatic N) is 1. The Labute approximate surface area is 108 Å². The zero-order valence-corrected chi connectivity index (χ0v) is 11.4. The molecule has 0 aromatic carbocycles. The average Bonchev–Trinajstić information content (AvgIpc) is 2.68. The first-order valence-electron chi connectivity index (χ1n) is 6.13. The van der Waals surface area contributed by atoms with Gasteiger partial charge in [0, 0.05) is 18.7 Å². The number of aliphatic hydroxyl groups excluding tert-OH is 1. The number of amides is 1. The van der Waals surface area contributed by atoms with Crippen LogP contribution in [0.25, 0.3) is 6.08 Å². The number of furan rings is 1. The largest absolute Gasteiger partial charge is 0.462 e. The molecule has 0 aliphatic heterocycles. The van der Waals surface area contributed by atoms with E-state index < -0.39 is 6.10 Å². The molecular weight excluding hydrogens is 230 g/mol. The van der Waals surface area contributed by atoms with E-state index in [1.54, 1.807) is 17.9 Å². The van der Waals surface area contributed by atoms with E-state index in [9.17, 15) is 9.90 Å². The lowest BCUT2D eigenvalue weighted by Crippen LogP contribution is -2.40. The highest BCUT2D eigenvalue weighted by Gasteiger charge is 2.16. The van der Waals surface area contributed by atoms with Crippen molar-refractivity contribution in [2.24, 2.45) is 0 Å². The van der Waals surface area contributed by atoms with Crippen LogP contribution in [0, 0.1) is 6.92 Å². The van der Waals surface area contributed by atoms with Crippen molar-refractivity contribution in [1.82, 2.24) is 4.90 Å². The minimum atomic E-state index is -0.532. The van der Waals surface area contributed by atoms with Gasteiger partial charge >= 0.3 is 0 Å². The summed E-state index contributed by atoms with van der Waals surface area (Å²) in [7, 11) is 0. The lowest BCUT2D eigenvalue weighted by molar-refractivity contribution is -0.128. The first-order valence-corrected chi connectivity index (χ1v) is 6.13. The predicted molar refractivity (Wildman–Crippen MR) is 71.0 cm³/mol. The van der Waals surface area contributed by atoms with Crippen LogP contribution in [0.1, 0.15) is 32.3 Å². The van der Waals surface area contributed by atoms with Crippen LogP contribution in [0.15, 0.2) is 22.6 Å². The van der Waals surface area contributed by atoms with Crippen LogP contribution < -0.4 is 0 Å². The van der Waals surface area contributed by atoms with Gasteiger partial charge in [-0.15, -0.1) is 0 Å². The molecule has 0 saturated carbocycles. The van der Waals surface area contributed by atoms with Gasteiger partial charge in [0.25, 0.3) is 0 Å². The molecule has 0 bridgehead atoms. The highest BCUT2D eigenvalue weighted by Crippen LogP contribution is 2.09. The first kappa shape index (κ1) is 14.5. The lowest BCUT2D eigenvalue weighted by atomic mass is 10.2. The molecule has 0 fully saturated rings. The molecule has 0 aliphatic rings. The standard InChI is InChI=1S/C14H21NO3/c1-10(2)15(9-11(3)16)14(17)8-7-13-6-5-12(4)18-13/h5-8,10-11,16H,9H2,1-4H3/b8-7+. The van der Waals surface area contributed by atoms with Crippen molar-refractivity contribution in [2.45, 2.75) is 39.8 Å². The number of carbonyl (C=O) groups is 1. The Morgan fingerprint density at radius 2 is 2.11 bits per heavy atom. The molecule has 0 saturated heterocycles. The van der Waals surface area contributed by atoms with E-state index >= 15 is 0 Å². The fraction of sp³-hybridized carbons (Fsp3) is 0.500. The molecule has 1 atom stereocenters. The van der Waals surface area contributed by atoms with Crippen LogP contribution in [0.4, 0.5) is 0 Å². The summed E-state index contributed by atoms with van der Waals surface area (Å²) in [5.41, 5.74) is 0. The molecule has 18 heavy (non-hydrogen) atoms. The van der Waals surface area contributed by atoms with E-state index in [0.717, 1.165) is 5.76 Å². The van der Waals surface area contributed by atoms with Gasteiger partial charge in [-0.3, -0.25) is 4.79 Å². The molecule has 1 heterocycles. The Hall–Kier alpha value is -1.55. The van der Waals surface area contributed by atoms with Crippen LogP contribution in [0.5, 0.6) is 0 Å². The molecule has 100 valence electrons. The Morgan fingerprint density at radius 3 is 2.56 bits per heavy atom. The van der Waals surface area contributed by atoms with Gasteiger partial charge in [-0.25, -0.2) is 0 Å². The van der Waals surface area contributed by atoms with Gasteiger partial charge in [0.2, 0.25) is 5.91 Å². The first-order chi connectivity index (χ1) is 8.40. The fourth-order valence-electron chi connectivity index (χ4n) is 1.63. The van der Waals surface area contributed by atoms with E-state index in [-0.39, 0.29) is 11.9 Å². The van der Waals surface area contributed by atoms with Gasteiger partial charge < -0.3 is 14.4 Å². The molecule has 4 nitrogen and oxygen atoms in total. The average molecular weight is 251 g/mol. The number of aryl methyl sites for hydroxylation is 1. The third kappa shape index (κ3) is 4.37. The molecule has 1 unspecified atom stereocenters. The predicted octanol–water partition coefficient (Wildman–Crippen LogP) is 2.22. The third-order valence-electron chi connectivity index (χ3n) is 2.52. The Bertz CT molecular complexity index is 418. The van der Waals surface area contributed by atoms with Crippen molar-refractivity contribution < 1.29 is 14.3 Å². The highest BCUT2D eigenvalue weighted by molar-refractivity contribution is 5.91. The van der Waals surface area contributed by atoms with Gasteiger partial charge in [0.05, 0.1) is 6.10 Å². The van der Waals surface area contributed by atoms with Gasteiger partial charge in [-0.05, 0) is 45.9 Å². The van der Waals surface area contributed by atoms with Gasteiger partial charge in [-0.1, -0.05) is 0 Å². The number of hydrogen-bond donors (Lipinski definition) is 1. The molecule has 4 heteroatoms. The zero-order valence-electron chi connectivity index (χ0n) is 11.4. The van der Waals surface area contributed by atoms with Crippen LogP contribution in [0.3, 0.4) is 0 Å². The van der Waals surface area contributed by atoms with Crippen molar-refractivity contribution in [1.29, 1.82) is 0 Å². The maximum atomic E-state index is 12.0. The maximum Gasteiger partial charge on any atom is 0.247 e. The quantitative estimate of drug-likeness (QED) is 0.816. The summed E-state index contributed by atoms with van der Waals surface area (Å²) >= 11 is 0. The molecule has 0 aliphatic carbocycles. The van der Waals surface area contributed by atoms with Crippen LogP contribution in [0.2, 0.25) is 0 Å². The number of carbonyl (C=O) groups excluding carboxylic acids is 1. The summed E-state index contributed by atoms with van der Waals surface area (Å²) in [5.74, 6) is 1.34. The molecular formula is C14H21NO3. The molecule has 1 amide bonds. The minimum Gasteiger partial charge on any atom is -0.462 e. The van der Waals surface area contributed by atoms with E-state index in [1.165, 1.54) is 6.08 Å². The summed E-state index contributed by atoms with van der Waals surface area (Å²) in [4.78, 5) is 13.6. The van der Waals surface area contributed by atoms with Gasteiger partial charge in [0.15, 0.2) is 0 Å². The third-order valence-corrected chi connectivity index (χ3v) is 2.52. The summed E-state index contributed by atoms with van der Waals surface area (Å²) < 4.78 is 5.35. The van der Waals surface area contributed by atoms with Crippen molar-refractivity contribution in [3.8, 4) is 0 Å². The number of rotatable bonds is 5. The van der Waals surface area contributed by atoms with Crippen LogP contribution in [-0.4, -0.2) is 34.6 Å². The Morgan fingerprint density at radius 1 is 1.44 bits per heavy atom. The highest BCUT2D eigenvalue weighted by atomic mass is 16.3. The molecule has 1 aromatic rings. The second-order valence-electron chi connectivity index (χ2n) is 4.72. The van der Waals surface area contributed by atoms with Crippen molar-refractivity contribution in [3.05, 3.63) is 29.7 Å². The number of hydrogen-bond acceptors (Lipinski definition) is 3. The minimum absolute atomic E-state index is 0.0510. The van der Waals surface area contributed by atoms with E-state index in [2.05, 4.69) is 0 Å². The van der Waals surface area contributed by atoms with Crippen molar-refractivity contribution >= 4 is 12.0 Å². The maximum absolute atomic E-state index is 12.0. The summed E-state index contributed by atoms with van der Waals surface area (Å²) in [6.45, 7) is 7.70. The lowest BCUT2D eigenvalue weighted by Gasteiger charge is -2.26. The monoisotopic (exact) mass is 251 g/mol. The normalized spacial score (nSPS) is 13.2. The summed E-state index contributed by atoms with van der Waals surface area (Å²) in [6, 6.07) is 3.71. The zero-order chi connectivity index (χ0) is 13.7. The molecule has 1 N–H and O–H groups in total. The van der Waals surface area contributed by atoms with Crippen molar-refractivity contribution in [2.75, 3.05) is 6.54 Å². The van der Waals surface area contributed by atoms with Crippen molar-refractivity contribution in [3.63, 3.8) is 0 Å². The second-order valence-corrected chi connectivity index (χ2v) is 4.72. The summed E-state index contributed by atoms with van der Waals surface area (Å²) in [6.07, 6.45) is 2.59. The van der Waals surface area contributed by atoms with E-state index in [1.807, 2.05) is 32.9 Å². The van der Waals surface area contributed by atoms with E-state index in [4.69, 9.17) is 4.42 Å². The molecule has 1 aromatic heterocycles. The number of aliphatic hydroxyl groups is 1. The molecule has 1 rings (SSSR count). The van der Waals surface area contributed by atoms with E-state index in [0.29, 0.717) is 12.3 Å². The SMILES string of the molecule is Cc1ccc(/C=C/C(=O)N(CC(C)O)C(C)C)o1. The Balaban J connectivity index is 2.69. The molecule has 0 radical (unpaired) electrons.